The minimum atomic E-state index is -0.241. The summed E-state index contributed by atoms with van der Waals surface area (Å²) < 4.78 is 28.7. The number of nitrogens with zero attached hydrogens (tertiary/aromatic N) is 1. The molecule has 0 aliphatic carbocycles. The number of carbonyl (C=O) groups is 1. The maximum atomic E-state index is 12.8. The van der Waals surface area contributed by atoms with Gasteiger partial charge in [0.05, 0.1) is 54.6 Å². The molecule has 2 aliphatic heterocycles. The molecule has 4 rings (SSSR count). The van der Waals surface area contributed by atoms with Crippen molar-refractivity contribution in [1.82, 2.24) is 5.32 Å². The zero-order valence-electron chi connectivity index (χ0n) is 19.3. The van der Waals surface area contributed by atoms with Gasteiger partial charge < -0.3 is 33.5 Å². The van der Waals surface area contributed by atoms with Crippen molar-refractivity contribution in [2.24, 2.45) is 0 Å². The third-order valence-electron chi connectivity index (χ3n) is 5.60. The molecule has 0 atom stereocenters. The Bertz CT molecular complexity index is 1100. The largest absolute Gasteiger partial charge is 0.493 e. The Kier molecular flexibility index (Phi) is 5.64. The second-order valence-corrected chi connectivity index (χ2v) is 8.72. The summed E-state index contributed by atoms with van der Waals surface area (Å²) in [6.07, 6.45) is 2.73. The smallest absolute Gasteiger partial charge is 0.260 e. The highest BCUT2D eigenvalue weighted by molar-refractivity contribution is 6.14. The molecule has 0 saturated heterocycles. The standard InChI is InChI=1S/C24H28N2O6/c1-26(2,3)10-9-14-11-19-23(32-13-31-19)21(29-5)16(14)12-17-15-7-8-18(28-4)22(30-6)20(15)24(27)25-17/h7-8,11-12H,9-10,13H2,1-6H3/p+1/b17-12-. The predicted octanol–water partition coefficient (Wildman–Crippen LogP) is 2.93. The highest BCUT2D eigenvalue weighted by Gasteiger charge is 2.31. The van der Waals surface area contributed by atoms with Crippen LogP contribution in [-0.4, -0.2) is 66.2 Å². The van der Waals surface area contributed by atoms with E-state index in [2.05, 4.69) is 26.5 Å². The maximum absolute atomic E-state index is 12.8. The van der Waals surface area contributed by atoms with Crippen LogP contribution in [0.1, 0.15) is 27.0 Å². The highest BCUT2D eigenvalue weighted by Crippen LogP contribution is 2.47. The molecule has 1 amide bonds. The molecule has 2 aliphatic rings. The van der Waals surface area contributed by atoms with Gasteiger partial charge in [0, 0.05) is 23.2 Å². The molecule has 2 heterocycles. The van der Waals surface area contributed by atoms with Gasteiger partial charge in [0.1, 0.15) is 0 Å². The predicted molar refractivity (Wildman–Crippen MR) is 121 cm³/mol. The fraction of sp³-hybridized carbons (Fsp3) is 0.375. The molecule has 0 unspecified atom stereocenters. The van der Waals surface area contributed by atoms with E-state index in [1.54, 1.807) is 20.3 Å². The Morgan fingerprint density at radius 1 is 1.06 bits per heavy atom. The zero-order chi connectivity index (χ0) is 23.0. The van der Waals surface area contributed by atoms with Crippen LogP contribution in [0.5, 0.6) is 28.7 Å². The fourth-order valence-electron chi connectivity index (χ4n) is 3.99. The van der Waals surface area contributed by atoms with Gasteiger partial charge >= 0.3 is 0 Å². The van der Waals surface area contributed by atoms with Crippen LogP contribution in [0.25, 0.3) is 11.8 Å². The van der Waals surface area contributed by atoms with E-state index in [0.29, 0.717) is 40.0 Å². The van der Waals surface area contributed by atoms with Crippen molar-refractivity contribution >= 4 is 17.7 Å². The summed E-state index contributed by atoms with van der Waals surface area (Å²) in [5.74, 6) is 2.51. The number of carbonyl (C=O) groups excluding carboxylic acids is 1. The molecule has 0 radical (unpaired) electrons. The average Bonchev–Trinajstić information content (AvgIpc) is 3.35. The van der Waals surface area contributed by atoms with Crippen molar-refractivity contribution in [3.05, 3.63) is 40.5 Å². The number of fused-ring (bicyclic) bond motifs is 2. The Labute approximate surface area is 187 Å². The van der Waals surface area contributed by atoms with Gasteiger partial charge in [0.15, 0.2) is 23.0 Å². The van der Waals surface area contributed by atoms with Crippen LogP contribution in [0.15, 0.2) is 18.2 Å². The van der Waals surface area contributed by atoms with Gasteiger partial charge in [-0.25, -0.2) is 0 Å². The third-order valence-corrected chi connectivity index (χ3v) is 5.60. The number of benzene rings is 2. The summed E-state index contributed by atoms with van der Waals surface area (Å²) in [6.45, 7) is 1.06. The fourth-order valence-corrected chi connectivity index (χ4v) is 3.99. The maximum Gasteiger partial charge on any atom is 0.260 e. The molecular formula is C24H29N2O6+. The first-order chi connectivity index (χ1) is 15.3. The summed E-state index contributed by atoms with van der Waals surface area (Å²) in [4.78, 5) is 12.8. The Hall–Kier alpha value is -3.39. The van der Waals surface area contributed by atoms with Crippen molar-refractivity contribution in [2.75, 3.05) is 55.8 Å². The number of rotatable bonds is 7. The van der Waals surface area contributed by atoms with Crippen molar-refractivity contribution in [3.63, 3.8) is 0 Å². The number of hydrogen-bond donors (Lipinski definition) is 1. The lowest BCUT2D eigenvalue weighted by molar-refractivity contribution is -0.870. The van der Waals surface area contributed by atoms with Gasteiger partial charge in [0.2, 0.25) is 12.5 Å². The first kappa shape index (κ1) is 21.8. The van der Waals surface area contributed by atoms with Gasteiger partial charge in [-0.05, 0) is 29.8 Å². The summed E-state index contributed by atoms with van der Waals surface area (Å²) in [7, 11) is 11.1. The Morgan fingerprint density at radius 3 is 2.47 bits per heavy atom. The zero-order valence-corrected chi connectivity index (χ0v) is 19.3. The summed E-state index contributed by atoms with van der Waals surface area (Å²) in [6, 6.07) is 5.64. The van der Waals surface area contributed by atoms with Crippen molar-refractivity contribution < 1.29 is 33.0 Å². The van der Waals surface area contributed by atoms with E-state index >= 15 is 0 Å². The van der Waals surface area contributed by atoms with Crippen LogP contribution in [0.2, 0.25) is 0 Å². The second kappa shape index (κ2) is 8.27. The summed E-state index contributed by atoms with van der Waals surface area (Å²) in [5, 5.41) is 2.97. The van der Waals surface area contributed by atoms with Crippen molar-refractivity contribution in [1.29, 1.82) is 0 Å². The quantitative estimate of drug-likeness (QED) is 0.666. The lowest BCUT2D eigenvalue weighted by Gasteiger charge is -2.24. The van der Waals surface area contributed by atoms with Crippen LogP contribution >= 0.6 is 0 Å². The Morgan fingerprint density at radius 2 is 1.81 bits per heavy atom. The number of hydrogen-bond acceptors (Lipinski definition) is 6. The molecule has 2 aromatic rings. The van der Waals surface area contributed by atoms with Crippen LogP contribution in [-0.2, 0) is 6.42 Å². The SMILES string of the molecule is COc1ccc2c(c1OC)C(=O)N/C2=C\c1c(CC[N+](C)(C)C)cc2c(c1OC)OCO2. The van der Waals surface area contributed by atoms with Gasteiger partial charge in [-0.15, -0.1) is 0 Å². The average molecular weight is 442 g/mol. The molecule has 2 aromatic carbocycles. The van der Waals surface area contributed by atoms with Crippen molar-refractivity contribution in [3.8, 4) is 28.7 Å². The van der Waals surface area contributed by atoms with E-state index < -0.39 is 0 Å². The van der Waals surface area contributed by atoms with Gasteiger partial charge in [-0.2, -0.15) is 0 Å². The number of methoxy groups -OCH3 is 3. The van der Waals surface area contributed by atoms with E-state index in [4.69, 9.17) is 23.7 Å². The highest BCUT2D eigenvalue weighted by atomic mass is 16.7. The number of ether oxygens (including phenoxy) is 5. The van der Waals surface area contributed by atoms with Gasteiger partial charge in [0.25, 0.3) is 5.91 Å². The third kappa shape index (κ3) is 3.82. The molecule has 0 bridgehead atoms. The Balaban J connectivity index is 1.87. The van der Waals surface area contributed by atoms with Gasteiger partial charge in [-0.1, -0.05) is 0 Å². The van der Waals surface area contributed by atoms with E-state index in [0.717, 1.165) is 34.1 Å². The van der Waals surface area contributed by atoms with Crippen LogP contribution < -0.4 is 29.0 Å². The molecule has 0 saturated carbocycles. The number of nitrogens with one attached hydrogen (secondary N) is 1. The number of quaternary nitrogens is 1. The lowest BCUT2D eigenvalue weighted by atomic mass is 9.98. The van der Waals surface area contributed by atoms with Crippen LogP contribution in [0.4, 0.5) is 0 Å². The summed E-state index contributed by atoms with van der Waals surface area (Å²) >= 11 is 0. The van der Waals surface area contributed by atoms with E-state index in [1.807, 2.05) is 18.2 Å². The number of likely N-dealkylation sites (N-methyl/N-ethyl adjacent to an activating group) is 1. The van der Waals surface area contributed by atoms with E-state index in [-0.39, 0.29) is 12.7 Å². The monoisotopic (exact) mass is 441 g/mol. The van der Waals surface area contributed by atoms with E-state index in [1.165, 1.54) is 7.11 Å². The normalized spacial score (nSPS) is 15.6. The molecule has 0 aromatic heterocycles. The minimum Gasteiger partial charge on any atom is -0.493 e. The molecule has 0 spiro atoms. The summed E-state index contributed by atoms with van der Waals surface area (Å²) in [5.41, 5.74) is 3.75. The first-order valence-electron chi connectivity index (χ1n) is 10.4. The molecule has 1 N–H and O–H groups in total. The second-order valence-electron chi connectivity index (χ2n) is 8.72. The van der Waals surface area contributed by atoms with Crippen LogP contribution in [0.3, 0.4) is 0 Å². The van der Waals surface area contributed by atoms with Gasteiger partial charge in [-0.3, -0.25) is 4.79 Å². The minimum absolute atomic E-state index is 0.150. The molecule has 0 fully saturated rings. The molecule has 32 heavy (non-hydrogen) atoms. The lowest BCUT2D eigenvalue weighted by Crippen LogP contribution is -2.36. The molecular weight excluding hydrogens is 412 g/mol. The molecule has 170 valence electrons. The van der Waals surface area contributed by atoms with Crippen molar-refractivity contribution in [2.45, 2.75) is 6.42 Å². The number of amides is 1. The van der Waals surface area contributed by atoms with Crippen LogP contribution in [0, 0.1) is 0 Å². The first-order valence-corrected chi connectivity index (χ1v) is 10.4. The molecule has 8 heteroatoms. The van der Waals surface area contributed by atoms with E-state index in [9.17, 15) is 4.79 Å². The topological polar surface area (TPSA) is 75.3 Å². The molecule has 8 nitrogen and oxygen atoms in total.